The highest BCUT2D eigenvalue weighted by atomic mass is 32.2. The molecule has 88 valence electrons. The molecule has 0 unspecified atom stereocenters. The van der Waals surface area contributed by atoms with Crippen molar-refractivity contribution in [3.8, 4) is 0 Å². The number of hydrogen-bond donors (Lipinski definition) is 1. The maximum absolute atomic E-state index is 13.2. The van der Waals surface area contributed by atoms with Gasteiger partial charge in [0, 0.05) is 36.3 Å². The lowest BCUT2D eigenvalue weighted by atomic mass is 10.1. The van der Waals surface area contributed by atoms with Crippen molar-refractivity contribution in [2.45, 2.75) is 13.0 Å². The number of halogens is 1. The number of thioether (sulfide) groups is 1. The van der Waals surface area contributed by atoms with E-state index in [-0.39, 0.29) is 11.9 Å². The number of benzene rings is 1. The third kappa shape index (κ3) is 2.50. The summed E-state index contributed by atoms with van der Waals surface area (Å²) in [4.78, 5) is 2.30. The molecule has 4 heteroatoms. The molecule has 0 aliphatic carbocycles. The quantitative estimate of drug-likeness (QED) is 0.860. The first-order valence-corrected chi connectivity index (χ1v) is 6.71. The largest absolute Gasteiger partial charge is 0.370 e. The van der Waals surface area contributed by atoms with Crippen LogP contribution in [0, 0.1) is 5.82 Å². The zero-order valence-electron chi connectivity index (χ0n) is 9.45. The predicted octanol–water partition coefficient (Wildman–Crippen LogP) is 2.40. The van der Waals surface area contributed by atoms with Gasteiger partial charge >= 0.3 is 0 Å². The third-order valence-corrected chi connectivity index (χ3v) is 3.77. The Morgan fingerprint density at radius 2 is 2.06 bits per heavy atom. The van der Waals surface area contributed by atoms with Gasteiger partial charge in [0.2, 0.25) is 0 Å². The van der Waals surface area contributed by atoms with Crippen LogP contribution in [-0.4, -0.2) is 24.6 Å². The average molecular weight is 240 g/mol. The molecular weight excluding hydrogens is 223 g/mol. The van der Waals surface area contributed by atoms with Crippen LogP contribution in [0.1, 0.15) is 18.5 Å². The van der Waals surface area contributed by atoms with Crippen LogP contribution in [0.3, 0.4) is 0 Å². The number of anilines is 1. The lowest BCUT2D eigenvalue weighted by Crippen LogP contribution is -2.33. The third-order valence-electron chi connectivity index (χ3n) is 2.83. The van der Waals surface area contributed by atoms with E-state index in [0.717, 1.165) is 35.8 Å². The molecule has 1 aromatic carbocycles. The van der Waals surface area contributed by atoms with Gasteiger partial charge in [-0.05, 0) is 30.7 Å². The molecule has 0 saturated carbocycles. The Balaban J connectivity index is 2.31. The van der Waals surface area contributed by atoms with Crippen LogP contribution >= 0.6 is 11.8 Å². The Hall–Kier alpha value is -0.740. The summed E-state index contributed by atoms with van der Waals surface area (Å²) in [5, 5.41) is 0. The van der Waals surface area contributed by atoms with Crippen molar-refractivity contribution in [2.24, 2.45) is 5.73 Å². The first-order valence-electron chi connectivity index (χ1n) is 5.56. The number of nitrogens with two attached hydrogens (primary N) is 1. The second kappa shape index (κ2) is 5.06. The Bertz CT molecular complexity index is 362. The fourth-order valence-electron chi connectivity index (χ4n) is 1.98. The average Bonchev–Trinajstić information content (AvgIpc) is 2.30. The van der Waals surface area contributed by atoms with Crippen LogP contribution in [0.5, 0.6) is 0 Å². The van der Waals surface area contributed by atoms with Gasteiger partial charge in [0.05, 0.1) is 0 Å². The molecule has 0 radical (unpaired) electrons. The van der Waals surface area contributed by atoms with Gasteiger partial charge in [-0.3, -0.25) is 0 Å². The van der Waals surface area contributed by atoms with Gasteiger partial charge < -0.3 is 10.6 Å². The fraction of sp³-hybridized carbons (Fsp3) is 0.500. The Morgan fingerprint density at radius 3 is 2.69 bits per heavy atom. The summed E-state index contributed by atoms with van der Waals surface area (Å²) < 4.78 is 13.2. The van der Waals surface area contributed by atoms with E-state index in [0.29, 0.717) is 0 Å². The van der Waals surface area contributed by atoms with Crippen LogP contribution in [0.25, 0.3) is 0 Å². The van der Waals surface area contributed by atoms with Crippen molar-refractivity contribution < 1.29 is 4.39 Å². The zero-order valence-corrected chi connectivity index (χ0v) is 10.3. The van der Waals surface area contributed by atoms with E-state index in [1.54, 1.807) is 6.07 Å². The van der Waals surface area contributed by atoms with Crippen molar-refractivity contribution in [1.82, 2.24) is 0 Å². The molecule has 1 atom stereocenters. The molecule has 1 aliphatic rings. The molecule has 1 heterocycles. The van der Waals surface area contributed by atoms with Crippen LogP contribution in [0.15, 0.2) is 18.2 Å². The summed E-state index contributed by atoms with van der Waals surface area (Å²) >= 11 is 1.96. The van der Waals surface area contributed by atoms with Crippen LogP contribution in [0.4, 0.5) is 10.1 Å². The zero-order chi connectivity index (χ0) is 11.5. The van der Waals surface area contributed by atoms with E-state index in [9.17, 15) is 4.39 Å². The summed E-state index contributed by atoms with van der Waals surface area (Å²) in [5.41, 5.74) is 7.89. The first-order chi connectivity index (χ1) is 7.68. The minimum atomic E-state index is -0.206. The normalized spacial score (nSPS) is 18.6. The summed E-state index contributed by atoms with van der Waals surface area (Å²) in [6.45, 7) is 3.95. The Morgan fingerprint density at radius 1 is 1.38 bits per heavy atom. The second-order valence-corrected chi connectivity index (χ2v) is 5.32. The second-order valence-electron chi connectivity index (χ2n) is 4.09. The van der Waals surface area contributed by atoms with E-state index in [1.807, 2.05) is 24.8 Å². The van der Waals surface area contributed by atoms with E-state index in [1.165, 1.54) is 6.07 Å². The topological polar surface area (TPSA) is 29.3 Å². The van der Waals surface area contributed by atoms with Crippen molar-refractivity contribution in [3.63, 3.8) is 0 Å². The van der Waals surface area contributed by atoms with Gasteiger partial charge in [-0.1, -0.05) is 0 Å². The van der Waals surface area contributed by atoms with Gasteiger partial charge in [-0.15, -0.1) is 0 Å². The first kappa shape index (κ1) is 11.7. The molecule has 1 saturated heterocycles. The van der Waals surface area contributed by atoms with Crippen molar-refractivity contribution >= 4 is 17.4 Å². The molecule has 0 amide bonds. The highest BCUT2D eigenvalue weighted by Crippen LogP contribution is 2.28. The molecule has 2 rings (SSSR count). The van der Waals surface area contributed by atoms with Crippen LogP contribution in [-0.2, 0) is 0 Å². The maximum atomic E-state index is 13.2. The Kier molecular flexibility index (Phi) is 3.71. The van der Waals surface area contributed by atoms with Crippen LogP contribution in [0.2, 0.25) is 0 Å². The maximum Gasteiger partial charge on any atom is 0.123 e. The molecule has 16 heavy (non-hydrogen) atoms. The molecule has 2 N–H and O–H groups in total. The van der Waals surface area contributed by atoms with E-state index in [4.69, 9.17) is 5.73 Å². The molecule has 0 aromatic heterocycles. The van der Waals surface area contributed by atoms with Gasteiger partial charge in [0.1, 0.15) is 5.82 Å². The molecular formula is C12H17FN2S. The van der Waals surface area contributed by atoms with Crippen molar-refractivity contribution in [1.29, 1.82) is 0 Å². The lowest BCUT2D eigenvalue weighted by molar-refractivity contribution is 0.621. The van der Waals surface area contributed by atoms with E-state index in [2.05, 4.69) is 4.90 Å². The lowest BCUT2D eigenvalue weighted by Gasteiger charge is -2.31. The molecule has 1 fully saturated rings. The summed E-state index contributed by atoms with van der Waals surface area (Å²) in [6, 6.07) is 4.80. The molecule has 0 bridgehead atoms. The monoisotopic (exact) mass is 240 g/mol. The standard InChI is InChI=1S/C12H17FN2S/c1-9(14)11-8-10(13)2-3-12(11)15-4-6-16-7-5-15/h2-3,8-9H,4-7,14H2,1H3/t9-/m1/s1. The SMILES string of the molecule is C[C@@H](N)c1cc(F)ccc1N1CCSCC1. The van der Waals surface area contributed by atoms with Gasteiger partial charge in [0.15, 0.2) is 0 Å². The van der Waals surface area contributed by atoms with Crippen LogP contribution < -0.4 is 10.6 Å². The molecule has 1 aromatic rings. The highest BCUT2D eigenvalue weighted by molar-refractivity contribution is 7.99. The smallest absolute Gasteiger partial charge is 0.123 e. The number of hydrogen-bond acceptors (Lipinski definition) is 3. The fourth-order valence-corrected chi connectivity index (χ4v) is 2.89. The summed E-state index contributed by atoms with van der Waals surface area (Å²) in [6.07, 6.45) is 0. The summed E-state index contributed by atoms with van der Waals surface area (Å²) in [7, 11) is 0. The number of nitrogens with zero attached hydrogens (tertiary/aromatic N) is 1. The van der Waals surface area contributed by atoms with E-state index < -0.39 is 0 Å². The minimum absolute atomic E-state index is 0.125. The van der Waals surface area contributed by atoms with Gasteiger partial charge in [0.25, 0.3) is 0 Å². The van der Waals surface area contributed by atoms with Gasteiger partial charge in [-0.25, -0.2) is 4.39 Å². The summed E-state index contributed by atoms with van der Waals surface area (Å²) in [5.74, 6) is 2.06. The molecule has 2 nitrogen and oxygen atoms in total. The van der Waals surface area contributed by atoms with Crippen molar-refractivity contribution in [2.75, 3.05) is 29.5 Å². The molecule has 0 spiro atoms. The number of rotatable bonds is 2. The van der Waals surface area contributed by atoms with Gasteiger partial charge in [-0.2, -0.15) is 11.8 Å². The van der Waals surface area contributed by atoms with Crippen molar-refractivity contribution in [3.05, 3.63) is 29.6 Å². The van der Waals surface area contributed by atoms with E-state index >= 15 is 0 Å². The Labute approximate surface area is 100 Å². The minimum Gasteiger partial charge on any atom is -0.370 e. The predicted molar refractivity (Wildman–Crippen MR) is 68.5 cm³/mol. The highest BCUT2D eigenvalue weighted by Gasteiger charge is 2.16. The molecule has 1 aliphatic heterocycles.